The molecule has 0 atom stereocenters. The third kappa shape index (κ3) is 4.99. The highest BCUT2D eigenvalue weighted by Gasteiger charge is 2.13. The van der Waals surface area contributed by atoms with Crippen molar-refractivity contribution in [3.63, 3.8) is 0 Å². The summed E-state index contributed by atoms with van der Waals surface area (Å²) in [6, 6.07) is 16.1. The molecule has 0 aliphatic carbocycles. The van der Waals surface area contributed by atoms with Gasteiger partial charge in [-0.05, 0) is 68.3 Å². The van der Waals surface area contributed by atoms with E-state index in [0.29, 0.717) is 29.2 Å². The molecule has 3 rings (SSSR count). The molecule has 0 spiro atoms. The predicted octanol–water partition coefficient (Wildman–Crippen LogP) is 4.87. The molecular formula is C23H23N3O3. The molecule has 0 fully saturated rings. The number of carbonyl (C=O) groups excluding carboxylic acids is 2. The number of amides is 1. The van der Waals surface area contributed by atoms with Crippen LogP contribution in [0.15, 0.2) is 60.8 Å². The summed E-state index contributed by atoms with van der Waals surface area (Å²) >= 11 is 0. The first-order valence-corrected chi connectivity index (χ1v) is 9.35. The van der Waals surface area contributed by atoms with Crippen molar-refractivity contribution >= 4 is 29.1 Å². The number of anilines is 3. The summed E-state index contributed by atoms with van der Waals surface area (Å²) in [5.74, 6) is -0.203. The Labute approximate surface area is 169 Å². The second-order valence-electron chi connectivity index (χ2n) is 6.57. The number of carbonyl (C=O) groups is 2. The van der Waals surface area contributed by atoms with E-state index in [9.17, 15) is 9.59 Å². The van der Waals surface area contributed by atoms with Gasteiger partial charge in [0.25, 0.3) is 5.91 Å². The Morgan fingerprint density at radius 1 is 1.00 bits per heavy atom. The highest BCUT2D eigenvalue weighted by Crippen LogP contribution is 2.22. The molecule has 0 aliphatic heterocycles. The van der Waals surface area contributed by atoms with Crippen molar-refractivity contribution in [2.24, 2.45) is 0 Å². The van der Waals surface area contributed by atoms with Crippen LogP contribution in [0.1, 0.15) is 38.8 Å². The second kappa shape index (κ2) is 9.01. The lowest BCUT2D eigenvalue weighted by molar-refractivity contribution is 0.0527. The molecule has 0 saturated heterocycles. The number of para-hydroxylation sites is 1. The highest BCUT2D eigenvalue weighted by atomic mass is 16.5. The molecule has 1 aromatic heterocycles. The summed E-state index contributed by atoms with van der Waals surface area (Å²) in [7, 11) is 0. The van der Waals surface area contributed by atoms with Gasteiger partial charge in [0, 0.05) is 17.4 Å². The zero-order valence-corrected chi connectivity index (χ0v) is 16.7. The molecule has 1 amide bonds. The smallest absolute Gasteiger partial charge is 0.340 e. The van der Waals surface area contributed by atoms with Crippen molar-refractivity contribution in [2.75, 3.05) is 17.2 Å². The van der Waals surface area contributed by atoms with Gasteiger partial charge < -0.3 is 15.4 Å². The molecule has 29 heavy (non-hydrogen) atoms. The third-order valence-electron chi connectivity index (χ3n) is 4.47. The molecule has 0 aliphatic rings. The van der Waals surface area contributed by atoms with Crippen LogP contribution >= 0.6 is 0 Å². The first-order chi connectivity index (χ1) is 14.0. The topological polar surface area (TPSA) is 80.3 Å². The van der Waals surface area contributed by atoms with Crippen LogP contribution < -0.4 is 10.6 Å². The van der Waals surface area contributed by atoms with Crippen LogP contribution in [-0.2, 0) is 4.74 Å². The quantitative estimate of drug-likeness (QED) is 0.588. The Kier molecular flexibility index (Phi) is 6.24. The first kappa shape index (κ1) is 20.1. The van der Waals surface area contributed by atoms with Gasteiger partial charge in [-0.15, -0.1) is 0 Å². The van der Waals surface area contributed by atoms with Crippen molar-refractivity contribution in [1.29, 1.82) is 0 Å². The van der Waals surface area contributed by atoms with Gasteiger partial charge in [0.05, 0.1) is 17.9 Å². The number of hydrogen-bond acceptors (Lipinski definition) is 5. The summed E-state index contributed by atoms with van der Waals surface area (Å²) in [6.45, 7) is 6.07. The van der Waals surface area contributed by atoms with Crippen LogP contribution in [0.2, 0.25) is 0 Å². The summed E-state index contributed by atoms with van der Waals surface area (Å²) in [5.41, 5.74) is 4.42. The molecule has 1 heterocycles. The van der Waals surface area contributed by atoms with Gasteiger partial charge in [-0.1, -0.05) is 18.2 Å². The summed E-state index contributed by atoms with van der Waals surface area (Å²) in [4.78, 5) is 29.0. The van der Waals surface area contributed by atoms with Gasteiger partial charge in [0.2, 0.25) is 0 Å². The summed E-state index contributed by atoms with van der Waals surface area (Å²) < 4.78 is 5.09. The number of rotatable bonds is 6. The minimum absolute atomic E-state index is 0.239. The van der Waals surface area contributed by atoms with E-state index in [1.165, 1.54) is 5.56 Å². The number of ether oxygens (including phenoxy) is 1. The molecule has 6 nitrogen and oxygen atoms in total. The van der Waals surface area contributed by atoms with E-state index in [2.05, 4.69) is 15.6 Å². The van der Waals surface area contributed by atoms with Crippen molar-refractivity contribution in [2.45, 2.75) is 20.8 Å². The molecule has 148 valence electrons. The van der Waals surface area contributed by atoms with Gasteiger partial charge in [-0.3, -0.25) is 4.79 Å². The minimum atomic E-state index is -0.417. The molecule has 0 unspecified atom stereocenters. The largest absolute Gasteiger partial charge is 0.462 e. The SMILES string of the molecule is CCOC(=O)c1ccccc1Nc1cc(C(=O)Nc2ccc(C)c(C)c2)ccn1. The van der Waals surface area contributed by atoms with Crippen molar-refractivity contribution in [3.05, 3.63) is 83.0 Å². The lowest BCUT2D eigenvalue weighted by Crippen LogP contribution is -2.13. The number of esters is 1. The maximum Gasteiger partial charge on any atom is 0.340 e. The maximum atomic E-state index is 12.6. The predicted molar refractivity (Wildman–Crippen MR) is 114 cm³/mol. The number of benzene rings is 2. The van der Waals surface area contributed by atoms with E-state index < -0.39 is 5.97 Å². The molecule has 6 heteroatoms. The molecule has 2 N–H and O–H groups in total. The molecule has 0 saturated carbocycles. The Morgan fingerprint density at radius 2 is 1.79 bits per heavy atom. The van der Waals surface area contributed by atoms with Crippen molar-refractivity contribution in [1.82, 2.24) is 4.98 Å². The van der Waals surface area contributed by atoms with E-state index in [0.717, 1.165) is 11.3 Å². The fraction of sp³-hybridized carbons (Fsp3) is 0.174. The lowest BCUT2D eigenvalue weighted by Gasteiger charge is -2.12. The van der Waals surface area contributed by atoms with E-state index >= 15 is 0 Å². The number of nitrogens with zero attached hydrogens (tertiary/aromatic N) is 1. The Balaban J connectivity index is 1.79. The molecule has 2 aromatic carbocycles. The van der Waals surface area contributed by atoms with Crippen molar-refractivity contribution < 1.29 is 14.3 Å². The maximum absolute atomic E-state index is 12.6. The fourth-order valence-corrected chi connectivity index (χ4v) is 2.78. The lowest BCUT2D eigenvalue weighted by atomic mass is 10.1. The van der Waals surface area contributed by atoms with E-state index in [1.807, 2.05) is 32.0 Å². The van der Waals surface area contributed by atoms with Crippen LogP contribution in [0.4, 0.5) is 17.2 Å². The van der Waals surface area contributed by atoms with Crippen LogP contribution in [-0.4, -0.2) is 23.5 Å². The standard InChI is InChI=1S/C23H23N3O3/c1-4-29-23(28)19-7-5-6-8-20(19)26-21-14-17(11-12-24-21)22(27)25-18-10-9-15(2)16(3)13-18/h5-14H,4H2,1-3H3,(H,24,26)(H,25,27). The average Bonchev–Trinajstić information content (AvgIpc) is 2.71. The fourth-order valence-electron chi connectivity index (χ4n) is 2.78. The highest BCUT2D eigenvalue weighted by molar-refractivity contribution is 6.05. The average molecular weight is 389 g/mol. The van der Waals surface area contributed by atoms with E-state index in [4.69, 9.17) is 4.74 Å². The van der Waals surface area contributed by atoms with Gasteiger partial charge in [0.1, 0.15) is 5.82 Å². The Morgan fingerprint density at radius 3 is 2.55 bits per heavy atom. The molecular weight excluding hydrogens is 366 g/mol. The molecule has 0 bridgehead atoms. The number of aromatic nitrogens is 1. The second-order valence-corrected chi connectivity index (χ2v) is 6.57. The van der Waals surface area contributed by atoms with Crippen molar-refractivity contribution in [3.8, 4) is 0 Å². The zero-order valence-electron chi connectivity index (χ0n) is 16.7. The summed E-state index contributed by atoms with van der Waals surface area (Å²) in [5, 5.41) is 5.99. The first-order valence-electron chi connectivity index (χ1n) is 9.35. The van der Waals surface area contributed by atoms with Gasteiger partial charge in [0.15, 0.2) is 0 Å². The normalized spacial score (nSPS) is 10.3. The Bertz CT molecular complexity index is 1050. The van der Waals surface area contributed by atoms with Crippen LogP contribution in [0, 0.1) is 13.8 Å². The number of aryl methyl sites for hydroxylation is 2. The van der Waals surface area contributed by atoms with Crippen LogP contribution in [0.5, 0.6) is 0 Å². The van der Waals surface area contributed by atoms with E-state index in [-0.39, 0.29) is 5.91 Å². The monoisotopic (exact) mass is 389 g/mol. The van der Waals surface area contributed by atoms with Crippen LogP contribution in [0.3, 0.4) is 0 Å². The number of pyridine rings is 1. The third-order valence-corrected chi connectivity index (χ3v) is 4.47. The number of hydrogen-bond donors (Lipinski definition) is 2. The summed E-state index contributed by atoms with van der Waals surface area (Å²) in [6.07, 6.45) is 1.55. The van der Waals surface area contributed by atoms with Gasteiger partial charge >= 0.3 is 5.97 Å². The Hall–Kier alpha value is -3.67. The molecule has 0 radical (unpaired) electrons. The zero-order chi connectivity index (χ0) is 20.8. The van der Waals surface area contributed by atoms with E-state index in [1.54, 1.807) is 49.5 Å². The number of nitrogens with one attached hydrogen (secondary N) is 2. The van der Waals surface area contributed by atoms with Crippen LogP contribution in [0.25, 0.3) is 0 Å². The van der Waals surface area contributed by atoms with Gasteiger partial charge in [-0.25, -0.2) is 9.78 Å². The molecule has 3 aromatic rings. The minimum Gasteiger partial charge on any atom is -0.462 e. The van der Waals surface area contributed by atoms with Gasteiger partial charge in [-0.2, -0.15) is 0 Å².